The average Bonchev–Trinajstić information content (AvgIpc) is 3.04. The third-order valence-electron chi connectivity index (χ3n) is 2.76. The highest BCUT2D eigenvalue weighted by atomic mass is 32.1. The number of hydrogen-bond donors (Lipinski definition) is 2. The molecule has 3 aromatic heterocycles. The molecule has 3 rings (SSSR count). The third-order valence-corrected chi connectivity index (χ3v) is 3.77. The number of aromatic nitrogens is 5. The maximum atomic E-state index is 12.4. The predicted molar refractivity (Wildman–Crippen MR) is 70.9 cm³/mol. The molecule has 10 heteroatoms. The van der Waals surface area contributed by atoms with E-state index in [4.69, 9.17) is 0 Å². The number of nitrogens with one attached hydrogen (secondary N) is 2. The molecule has 6 nitrogen and oxygen atoms in total. The van der Waals surface area contributed by atoms with Crippen molar-refractivity contribution in [2.75, 3.05) is 5.32 Å². The minimum absolute atomic E-state index is 0.0600. The van der Waals surface area contributed by atoms with Crippen LogP contribution in [0, 0.1) is 6.92 Å². The fourth-order valence-corrected chi connectivity index (χ4v) is 2.71. The Morgan fingerprint density at radius 2 is 2.14 bits per heavy atom. The number of H-pyrrole nitrogens is 1. The molecule has 0 amide bonds. The van der Waals surface area contributed by atoms with E-state index in [0.29, 0.717) is 5.82 Å². The lowest BCUT2D eigenvalue weighted by Crippen LogP contribution is -2.08. The van der Waals surface area contributed by atoms with E-state index < -0.39 is 12.0 Å². The number of aromatic amines is 1. The molecule has 21 heavy (non-hydrogen) atoms. The van der Waals surface area contributed by atoms with Crippen molar-refractivity contribution in [3.8, 4) is 0 Å². The van der Waals surface area contributed by atoms with E-state index in [9.17, 15) is 13.2 Å². The summed E-state index contributed by atoms with van der Waals surface area (Å²) in [5.41, 5.74) is 1.01. The Bertz CT molecular complexity index is 778. The van der Waals surface area contributed by atoms with Crippen molar-refractivity contribution in [2.24, 2.45) is 0 Å². The van der Waals surface area contributed by atoms with E-state index in [1.807, 2.05) is 12.3 Å². The quantitative estimate of drug-likeness (QED) is 0.777. The van der Waals surface area contributed by atoms with Crippen molar-refractivity contribution in [3.63, 3.8) is 0 Å². The summed E-state index contributed by atoms with van der Waals surface area (Å²) in [5, 5.41) is 11.1. The first-order valence-corrected chi connectivity index (χ1v) is 6.74. The van der Waals surface area contributed by atoms with E-state index >= 15 is 0 Å². The molecule has 0 atom stereocenters. The molecule has 0 saturated heterocycles. The van der Waals surface area contributed by atoms with Gasteiger partial charge in [-0.1, -0.05) is 0 Å². The van der Waals surface area contributed by atoms with Crippen LogP contribution in [0.1, 0.15) is 17.2 Å². The standard InChI is InChI=1S/C11H9F3N6S/c1-5-3-21-9-7(5)8(16-4-17-9)15-2-6-18-10(20-19-6)11(12,13)14/h3-4H,2H2,1H3,(H,15,16,17)(H,18,19,20). The van der Waals surface area contributed by atoms with Crippen molar-refractivity contribution in [1.82, 2.24) is 25.1 Å². The normalized spacial score (nSPS) is 12.0. The molecule has 0 fully saturated rings. The molecule has 2 N–H and O–H groups in total. The number of nitrogens with zero attached hydrogens (tertiary/aromatic N) is 4. The van der Waals surface area contributed by atoms with Gasteiger partial charge in [-0.2, -0.15) is 13.2 Å². The number of aryl methyl sites for hydroxylation is 1. The van der Waals surface area contributed by atoms with Gasteiger partial charge in [-0.3, -0.25) is 5.10 Å². The second-order valence-corrected chi connectivity index (χ2v) is 5.14. The van der Waals surface area contributed by atoms with Gasteiger partial charge in [0.15, 0.2) is 0 Å². The van der Waals surface area contributed by atoms with E-state index in [-0.39, 0.29) is 12.4 Å². The Balaban J connectivity index is 1.81. The number of fused-ring (bicyclic) bond motifs is 1. The van der Waals surface area contributed by atoms with Gasteiger partial charge in [0.25, 0.3) is 5.82 Å². The predicted octanol–water partition coefficient (Wildman–Crippen LogP) is 2.75. The Morgan fingerprint density at radius 1 is 1.33 bits per heavy atom. The summed E-state index contributed by atoms with van der Waals surface area (Å²) in [7, 11) is 0. The summed E-state index contributed by atoms with van der Waals surface area (Å²) in [6.45, 7) is 1.98. The van der Waals surface area contributed by atoms with Gasteiger partial charge in [0, 0.05) is 0 Å². The number of anilines is 1. The lowest BCUT2D eigenvalue weighted by atomic mass is 10.2. The smallest absolute Gasteiger partial charge is 0.362 e. The van der Waals surface area contributed by atoms with Gasteiger partial charge in [0.2, 0.25) is 0 Å². The zero-order chi connectivity index (χ0) is 15.0. The molecule has 0 aliphatic rings. The van der Waals surface area contributed by atoms with E-state index in [2.05, 4.69) is 30.5 Å². The van der Waals surface area contributed by atoms with Gasteiger partial charge in [0.05, 0.1) is 11.9 Å². The van der Waals surface area contributed by atoms with Crippen LogP contribution in [-0.2, 0) is 12.7 Å². The molecular weight excluding hydrogens is 305 g/mol. The van der Waals surface area contributed by atoms with Crippen LogP contribution in [-0.4, -0.2) is 25.1 Å². The van der Waals surface area contributed by atoms with Gasteiger partial charge < -0.3 is 5.32 Å². The van der Waals surface area contributed by atoms with Crippen LogP contribution in [0.15, 0.2) is 11.7 Å². The van der Waals surface area contributed by atoms with Gasteiger partial charge in [-0.05, 0) is 17.9 Å². The Morgan fingerprint density at radius 3 is 2.86 bits per heavy atom. The number of rotatable bonds is 3. The summed E-state index contributed by atoms with van der Waals surface area (Å²) < 4.78 is 37.2. The second-order valence-electron chi connectivity index (χ2n) is 4.28. The zero-order valence-corrected chi connectivity index (χ0v) is 11.5. The number of hydrogen-bond acceptors (Lipinski definition) is 6. The largest absolute Gasteiger partial charge is 0.453 e. The topological polar surface area (TPSA) is 79.4 Å². The zero-order valence-electron chi connectivity index (χ0n) is 10.7. The first-order chi connectivity index (χ1) is 9.95. The number of halogens is 3. The summed E-state index contributed by atoms with van der Waals surface area (Å²) >= 11 is 1.48. The first-order valence-electron chi connectivity index (χ1n) is 5.86. The highest BCUT2D eigenvalue weighted by molar-refractivity contribution is 7.17. The number of thiophene rings is 1. The minimum atomic E-state index is -4.55. The lowest BCUT2D eigenvalue weighted by Gasteiger charge is -2.05. The molecule has 0 aromatic carbocycles. The molecule has 0 radical (unpaired) electrons. The monoisotopic (exact) mass is 314 g/mol. The van der Waals surface area contributed by atoms with Crippen LogP contribution in [0.25, 0.3) is 10.2 Å². The Hall–Kier alpha value is -2.23. The van der Waals surface area contributed by atoms with Crippen LogP contribution < -0.4 is 5.32 Å². The van der Waals surface area contributed by atoms with E-state index in [1.165, 1.54) is 17.7 Å². The lowest BCUT2D eigenvalue weighted by molar-refractivity contribution is -0.144. The fourth-order valence-electron chi connectivity index (χ4n) is 1.82. The Labute approximate surface area is 120 Å². The first kappa shape index (κ1) is 13.7. The SMILES string of the molecule is Cc1csc2ncnc(NCc3nc(C(F)(F)F)n[nH]3)c12. The van der Waals surface area contributed by atoms with Crippen LogP contribution in [0.3, 0.4) is 0 Å². The Kier molecular flexibility index (Phi) is 3.24. The van der Waals surface area contributed by atoms with Crippen LogP contribution >= 0.6 is 11.3 Å². The minimum Gasteiger partial charge on any atom is -0.362 e. The van der Waals surface area contributed by atoms with Crippen molar-refractivity contribution >= 4 is 27.4 Å². The van der Waals surface area contributed by atoms with Crippen LogP contribution in [0.5, 0.6) is 0 Å². The molecular formula is C11H9F3N6S. The summed E-state index contributed by atoms with van der Waals surface area (Å²) in [6, 6.07) is 0. The molecule has 3 aromatic rings. The second kappa shape index (κ2) is 4.95. The average molecular weight is 314 g/mol. The summed E-state index contributed by atoms with van der Waals surface area (Å²) in [5.74, 6) is -0.537. The third kappa shape index (κ3) is 2.66. The molecule has 0 unspecified atom stereocenters. The van der Waals surface area contributed by atoms with Crippen LogP contribution in [0.2, 0.25) is 0 Å². The summed E-state index contributed by atoms with van der Waals surface area (Å²) in [6.07, 6.45) is -3.15. The molecule has 0 spiro atoms. The van der Waals surface area contributed by atoms with Gasteiger partial charge in [-0.25, -0.2) is 15.0 Å². The number of alkyl halides is 3. The van der Waals surface area contributed by atoms with Crippen molar-refractivity contribution in [1.29, 1.82) is 0 Å². The molecule has 0 aliphatic carbocycles. The molecule has 3 heterocycles. The van der Waals surface area contributed by atoms with Gasteiger partial charge in [0.1, 0.15) is 22.8 Å². The molecule has 110 valence electrons. The maximum absolute atomic E-state index is 12.4. The van der Waals surface area contributed by atoms with E-state index in [1.54, 1.807) is 0 Å². The van der Waals surface area contributed by atoms with Crippen LogP contribution in [0.4, 0.5) is 19.0 Å². The van der Waals surface area contributed by atoms with Crippen molar-refractivity contribution in [2.45, 2.75) is 19.6 Å². The molecule has 0 aliphatic heterocycles. The molecule has 0 saturated carbocycles. The molecule has 0 bridgehead atoms. The maximum Gasteiger partial charge on any atom is 0.453 e. The van der Waals surface area contributed by atoms with Gasteiger partial charge >= 0.3 is 6.18 Å². The van der Waals surface area contributed by atoms with Gasteiger partial charge in [-0.15, -0.1) is 16.4 Å². The van der Waals surface area contributed by atoms with Crippen molar-refractivity contribution in [3.05, 3.63) is 28.9 Å². The van der Waals surface area contributed by atoms with E-state index in [0.717, 1.165) is 15.8 Å². The fraction of sp³-hybridized carbons (Fsp3) is 0.273. The highest BCUT2D eigenvalue weighted by Crippen LogP contribution is 2.29. The summed E-state index contributed by atoms with van der Waals surface area (Å²) in [4.78, 5) is 12.5. The van der Waals surface area contributed by atoms with Crippen molar-refractivity contribution < 1.29 is 13.2 Å². The highest BCUT2D eigenvalue weighted by Gasteiger charge is 2.35.